The third kappa shape index (κ3) is 6.33. The summed E-state index contributed by atoms with van der Waals surface area (Å²) in [7, 11) is 0. The van der Waals surface area contributed by atoms with Crippen LogP contribution >= 0.6 is 11.6 Å². The lowest BCUT2D eigenvalue weighted by molar-refractivity contribution is -0.137. The highest BCUT2D eigenvalue weighted by Crippen LogP contribution is 2.34. The number of amides is 1. The van der Waals surface area contributed by atoms with Gasteiger partial charge in [0.15, 0.2) is 0 Å². The summed E-state index contributed by atoms with van der Waals surface area (Å²) in [6.07, 6.45) is 1.00. The SMILES string of the molecule is O=C(O)c1ccc(Cl)cc1CC[C@@H]1CCC[C@@H]1NC(=O)C1CCN(c2cccc(C(F)(F)F)c2)CC1. The summed E-state index contributed by atoms with van der Waals surface area (Å²) in [6.45, 7) is 1.06. The van der Waals surface area contributed by atoms with Crippen molar-refractivity contribution in [2.45, 2.75) is 57.2 Å². The first kappa shape index (κ1) is 26.3. The van der Waals surface area contributed by atoms with Crippen LogP contribution in [0.25, 0.3) is 0 Å². The van der Waals surface area contributed by atoms with E-state index in [1.165, 1.54) is 18.2 Å². The Morgan fingerprint density at radius 2 is 1.81 bits per heavy atom. The average Bonchev–Trinajstić information content (AvgIpc) is 3.29. The topological polar surface area (TPSA) is 69.6 Å². The van der Waals surface area contributed by atoms with E-state index in [-0.39, 0.29) is 29.3 Å². The third-order valence-electron chi connectivity index (χ3n) is 7.47. The minimum absolute atomic E-state index is 0.00423. The van der Waals surface area contributed by atoms with Crippen molar-refractivity contribution in [3.05, 3.63) is 64.2 Å². The number of nitrogens with zero attached hydrogens (tertiary/aromatic N) is 1. The first-order valence-corrected chi connectivity index (χ1v) is 12.7. The molecule has 5 nitrogen and oxygen atoms in total. The number of hydrogen-bond acceptors (Lipinski definition) is 3. The van der Waals surface area contributed by atoms with Crippen LogP contribution in [-0.4, -0.2) is 36.1 Å². The molecule has 36 heavy (non-hydrogen) atoms. The number of aromatic carboxylic acids is 1. The van der Waals surface area contributed by atoms with Gasteiger partial charge in [0.05, 0.1) is 11.1 Å². The molecule has 4 rings (SSSR count). The van der Waals surface area contributed by atoms with E-state index >= 15 is 0 Å². The number of benzene rings is 2. The number of hydrogen-bond donors (Lipinski definition) is 2. The number of aryl methyl sites for hydroxylation is 1. The van der Waals surface area contributed by atoms with Crippen LogP contribution in [0.3, 0.4) is 0 Å². The predicted octanol–water partition coefficient (Wildman–Crippen LogP) is 6.19. The molecule has 194 valence electrons. The van der Waals surface area contributed by atoms with Gasteiger partial charge in [-0.3, -0.25) is 4.79 Å². The highest BCUT2D eigenvalue weighted by molar-refractivity contribution is 6.30. The summed E-state index contributed by atoms with van der Waals surface area (Å²) in [5, 5.41) is 13.2. The standard InChI is InChI=1S/C27H30ClF3N2O3/c28-21-9-10-23(26(35)36)19(15-21)8-7-17-3-1-6-24(17)32-25(34)18-11-13-33(14-12-18)22-5-2-4-20(16-22)27(29,30)31/h2,4-5,9-10,15-18,24H,1,3,6-8,11-14H2,(H,32,34)(H,35,36)/t17-,24-/m0/s1. The van der Waals surface area contributed by atoms with Crippen molar-refractivity contribution in [3.63, 3.8) is 0 Å². The number of carbonyl (C=O) groups excluding carboxylic acids is 1. The predicted molar refractivity (Wildman–Crippen MR) is 132 cm³/mol. The molecule has 1 heterocycles. The highest BCUT2D eigenvalue weighted by atomic mass is 35.5. The van der Waals surface area contributed by atoms with Crippen molar-refractivity contribution in [2.24, 2.45) is 11.8 Å². The monoisotopic (exact) mass is 522 g/mol. The molecule has 2 aliphatic rings. The molecule has 2 aromatic carbocycles. The average molecular weight is 523 g/mol. The molecule has 2 aromatic rings. The largest absolute Gasteiger partial charge is 0.478 e. The number of carboxylic acid groups (broad SMARTS) is 1. The fourth-order valence-electron chi connectivity index (χ4n) is 5.47. The second-order valence-corrected chi connectivity index (χ2v) is 10.2. The van der Waals surface area contributed by atoms with E-state index in [0.29, 0.717) is 48.6 Å². The second-order valence-electron chi connectivity index (χ2n) is 9.76. The lowest BCUT2D eigenvalue weighted by Gasteiger charge is -2.34. The van der Waals surface area contributed by atoms with Crippen molar-refractivity contribution in [2.75, 3.05) is 18.0 Å². The Bertz CT molecular complexity index is 1100. The molecule has 1 aliphatic carbocycles. The quantitative estimate of drug-likeness (QED) is 0.455. The maximum Gasteiger partial charge on any atom is 0.416 e. The van der Waals surface area contributed by atoms with Gasteiger partial charge in [-0.25, -0.2) is 4.79 Å². The highest BCUT2D eigenvalue weighted by Gasteiger charge is 2.33. The molecule has 1 saturated carbocycles. The van der Waals surface area contributed by atoms with Crippen molar-refractivity contribution < 1.29 is 27.9 Å². The van der Waals surface area contributed by atoms with Crippen molar-refractivity contribution in [1.29, 1.82) is 0 Å². The molecule has 0 spiro atoms. The number of piperidine rings is 1. The van der Waals surface area contributed by atoms with E-state index in [1.54, 1.807) is 18.2 Å². The maximum absolute atomic E-state index is 13.0. The number of rotatable bonds is 7. The van der Waals surface area contributed by atoms with E-state index < -0.39 is 17.7 Å². The zero-order chi connectivity index (χ0) is 25.9. The molecule has 1 aliphatic heterocycles. The van der Waals surface area contributed by atoms with Gasteiger partial charge in [0.1, 0.15) is 0 Å². The van der Waals surface area contributed by atoms with Gasteiger partial charge < -0.3 is 15.3 Å². The van der Waals surface area contributed by atoms with E-state index in [1.807, 2.05) is 4.90 Å². The molecule has 0 unspecified atom stereocenters. The third-order valence-corrected chi connectivity index (χ3v) is 7.71. The Balaban J connectivity index is 1.30. The van der Waals surface area contributed by atoms with Gasteiger partial charge in [-0.05, 0) is 86.4 Å². The summed E-state index contributed by atoms with van der Waals surface area (Å²) in [6, 6.07) is 10.2. The van der Waals surface area contributed by atoms with Crippen LogP contribution in [0.1, 0.15) is 60.0 Å². The fraction of sp³-hybridized carbons (Fsp3) is 0.481. The van der Waals surface area contributed by atoms with Crippen LogP contribution < -0.4 is 10.2 Å². The van der Waals surface area contributed by atoms with Crippen LogP contribution in [-0.2, 0) is 17.4 Å². The zero-order valence-corrected chi connectivity index (χ0v) is 20.6. The van der Waals surface area contributed by atoms with E-state index in [9.17, 15) is 27.9 Å². The van der Waals surface area contributed by atoms with E-state index in [0.717, 1.165) is 31.7 Å². The fourth-order valence-corrected chi connectivity index (χ4v) is 5.67. The van der Waals surface area contributed by atoms with Gasteiger partial charge in [-0.1, -0.05) is 24.1 Å². The molecule has 2 atom stereocenters. The first-order valence-electron chi connectivity index (χ1n) is 12.4. The molecule has 9 heteroatoms. The number of carbonyl (C=O) groups is 2. The summed E-state index contributed by atoms with van der Waals surface area (Å²) in [5.74, 6) is -0.876. The Kier molecular flexibility index (Phi) is 8.13. The summed E-state index contributed by atoms with van der Waals surface area (Å²) in [4.78, 5) is 26.5. The first-order chi connectivity index (χ1) is 17.1. The summed E-state index contributed by atoms with van der Waals surface area (Å²) in [5.41, 5.74) is 0.820. The second kappa shape index (κ2) is 11.1. The van der Waals surface area contributed by atoms with E-state index in [2.05, 4.69) is 5.32 Å². The van der Waals surface area contributed by atoms with Crippen molar-refractivity contribution in [3.8, 4) is 0 Å². The van der Waals surface area contributed by atoms with Crippen LogP contribution in [0.15, 0.2) is 42.5 Å². The number of anilines is 1. The van der Waals surface area contributed by atoms with Crippen LogP contribution in [0.4, 0.5) is 18.9 Å². The van der Waals surface area contributed by atoms with Crippen LogP contribution in [0, 0.1) is 11.8 Å². The smallest absolute Gasteiger partial charge is 0.416 e. The molecule has 1 saturated heterocycles. The van der Waals surface area contributed by atoms with Gasteiger partial charge in [-0.2, -0.15) is 13.2 Å². The minimum atomic E-state index is -4.38. The molecule has 0 aromatic heterocycles. The molecule has 1 amide bonds. The van der Waals surface area contributed by atoms with Gasteiger partial charge >= 0.3 is 12.1 Å². The van der Waals surface area contributed by atoms with Gasteiger partial charge in [0.2, 0.25) is 5.91 Å². The normalized spacial score (nSPS) is 20.9. The van der Waals surface area contributed by atoms with Crippen molar-refractivity contribution in [1.82, 2.24) is 5.32 Å². The van der Waals surface area contributed by atoms with Crippen LogP contribution in [0.5, 0.6) is 0 Å². The van der Waals surface area contributed by atoms with Gasteiger partial charge in [-0.15, -0.1) is 0 Å². The molecular weight excluding hydrogens is 493 g/mol. The molecule has 0 bridgehead atoms. The molecular formula is C27H30ClF3N2O3. The lowest BCUT2D eigenvalue weighted by Crippen LogP contribution is -2.45. The molecule has 2 N–H and O–H groups in total. The maximum atomic E-state index is 13.0. The van der Waals surface area contributed by atoms with Crippen LogP contribution in [0.2, 0.25) is 5.02 Å². The number of nitrogens with one attached hydrogen (secondary N) is 1. The van der Waals surface area contributed by atoms with E-state index in [4.69, 9.17) is 11.6 Å². The van der Waals surface area contributed by atoms with Crippen molar-refractivity contribution >= 4 is 29.2 Å². The number of alkyl halides is 3. The number of carboxylic acids is 1. The summed E-state index contributed by atoms with van der Waals surface area (Å²) >= 11 is 6.07. The Morgan fingerprint density at radius 1 is 1.06 bits per heavy atom. The molecule has 0 radical (unpaired) electrons. The molecule has 2 fully saturated rings. The Hall–Kier alpha value is -2.74. The Morgan fingerprint density at radius 3 is 2.50 bits per heavy atom. The van der Waals surface area contributed by atoms with Gasteiger partial charge in [0, 0.05) is 35.8 Å². The summed E-state index contributed by atoms with van der Waals surface area (Å²) < 4.78 is 39.1. The Labute approximate surface area is 213 Å². The lowest BCUT2D eigenvalue weighted by atomic mass is 9.91. The minimum Gasteiger partial charge on any atom is -0.478 e. The van der Waals surface area contributed by atoms with Gasteiger partial charge in [0.25, 0.3) is 0 Å². The number of halogens is 4. The zero-order valence-electron chi connectivity index (χ0n) is 19.9.